The normalized spacial score (nSPS) is 13.4. The molecular weight excluding hydrogens is 448 g/mol. The highest BCUT2D eigenvalue weighted by atomic mass is 16.6. The van der Waals surface area contributed by atoms with E-state index in [1.54, 1.807) is 65.8 Å². The van der Waals surface area contributed by atoms with E-state index in [2.05, 4.69) is 17.2 Å². The molecule has 4 amide bonds. The second-order valence-corrected chi connectivity index (χ2v) is 10.7. The highest BCUT2D eigenvalue weighted by molar-refractivity contribution is 5.95. The zero-order chi connectivity index (χ0) is 27.1. The van der Waals surface area contributed by atoms with Crippen molar-refractivity contribution in [3.8, 4) is 0 Å². The lowest BCUT2D eigenvalue weighted by atomic mass is 9.94. The van der Waals surface area contributed by atoms with Gasteiger partial charge in [-0.15, -0.1) is 0 Å². The van der Waals surface area contributed by atoms with Gasteiger partial charge in [-0.05, 0) is 72.6 Å². The Labute approximate surface area is 208 Å². The van der Waals surface area contributed by atoms with E-state index in [9.17, 15) is 19.2 Å². The van der Waals surface area contributed by atoms with Gasteiger partial charge in [0, 0.05) is 11.6 Å². The molecule has 0 heterocycles. The van der Waals surface area contributed by atoms with Gasteiger partial charge in [0.2, 0.25) is 17.7 Å². The van der Waals surface area contributed by atoms with Crippen LogP contribution in [-0.2, 0) is 19.1 Å². The van der Waals surface area contributed by atoms with E-state index < -0.39 is 53.5 Å². The number of ether oxygens (including phenoxy) is 1. The predicted octanol–water partition coefficient (Wildman–Crippen LogP) is 3.29. The minimum Gasteiger partial charge on any atom is -0.444 e. The van der Waals surface area contributed by atoms with E-state index in [1.807, 2.05) is 19.9 Å². The molecule has 0 aliphatic rings. The topological polar surface area (TPSA) is 131 Å². The van der Waals surface area contributed by atoms with Crippen LogP contribution >= 0.6 is 0 Å². The number of carbonyl (C=O) groups excluding carboxylic acids is 4. The Bertz CT molecular complexity index is 944. The molecule has 1 aromatic carbocycles. The summed E-state index contributed by atoms with van der Waals surface area (Å²) in [5, 5.41) is 5.34. The minimum atomic E-state index is -1.33. The molecule has 0 saturated heterocycles. The first-order chi connectivity index (χ1) is 16.0. The van der Waals surface area contributed by atoms with Gasteiger partial charge in [0.25, 0.3) is 0 Å². The third-order valence-electron chi connectivity index (χ3n) is 4.75. The Kier molecular flexibility index (Phi) is 10.1. The molecule has 0 aliphatic heterocycles. The maximum Gasteiger partial charge on any atom is 0.408 e. The van der Waals surface area contributed by atoms with Crippen LogP contribution in [0, 0.1) is 0 Å². The number of nitrogens with one attached hydrogen (secondary N) is 2. The molecule has 0 spiro atoms. The standard InChI is InChI=1S/C26H40N4O5/c1-10-17-12-11-13-18(14-17)21(22(32)28-16(2)3)30(25(4,5)6)23(33)19(15-20(27)31)29-24(34)35-26(7,8)9/h10-14,16,19,21H,1,15H2,2-9H3,(H2,27,31)(H,28,32)(H,29,34). The van der Waals surface area contributed by atoms with Gasteiger partial charge in [-0.25, -0.2) is 4.79 Å². The summed E-state index contributed by atoms with van der Waals surface area (Å²) in [5.41, 5.74) is 5.02. The molecule has 1 aromatic rings. The number of hydrogen-bond donors (Lipinski definition) is 3. The lowest BCUT2D eigenvalue weighted by Crippen LogP contribution is -2.59. The van der Waals surface area contributed by atoms with Crippen molar-refractivity contribution in [2.45, 2.75) is 91.1 Å². The van der Waals surface area contributed by atoms with Gasteiger partial charge in [0.1, 0.15) is 17.7 Å². The van der Waals surface area contributed by atoms with Crippen molar-refractivity contribution >= 4 is 29.9 Å². The quantitative estimate of drug-likeness (QED) is 0.491. The van der Waals surface area contributed by atoms with Crippen LogP contribution in [0.15, 0.2) is 30.8 Å². The van der Waals surface area contributed by atoms with Gasteiger partial charge >= 0.3 is 6.09 Å². The van der Waals surface area contributed by atoms with Crippen LogP contribution in [0.5, 0.6) is 0 Å². The van der Waals surface area contributed by atoms with Gasteiger partial charge in [0.05, 0.1) is 6.42 Å². The Hall–Kier alpha value is -3.36. The van der Waals surface area contributed by atoms with Crippen LogP contribution in [0.25, 0.3) is 6.08 Å². The minimum absolute atomic E-state index is 0.189. The van der Waals surface area contributed by atoms with Crippen molar-refractivity contribution in [2.24, 2.45) is 5.73 Å². The summed E-state index contributed by atoms with van der Waals surface area (Å²) in [6.07, 6.45) is 0.308. The number of carbonyl (C=O) groups is 4. The molecule has 0 aliphatic carbocycles. The third kappa shape index (κ3) is 9.42. The van der Waals surface area contributed by atoms with Gasteiger partial charge in [-0.3, -0.25) is 14.4 Å². The molecule has 194 valence electrons. The van der Waals surface area contributed by atoms with Crippen molar-refractivity contribution in [3.63, 3.8) is 0 Å². The molecule has 9 nitrogen and oxygen atoms in total. The van der Waals surface area contributed by atoms with Crippen molar-refractivity contribution in [1.29, 1.82) is 0 Å². The Morgan fingerprint density at radius 3 is 2.14 bits per heavy atom. The number of amides is 4. The van der Waals surface area contributed by atoms with E-state index in [0.29, 0.717) is 5.56 Å². The Balaban J connectivity index is 3.62. The SMILES string of the molecule is C=Cc1cccc(C(C(=O)NC(C)C)N(C(=O)C(CC(N)=O)NC(=O)OC(C)(C)C)C(C)(C)C)c1. The fraction of sp³-hybridized carbons (Fsp3) is 0.538. The number of alkyl carbamates (subject to hydrolysis) is 1. The number of benzene rings is 1. The van der Waals surface area contributed by atoms with Crippen LogP contribution in [0.2, 0.25) is 0 Å². The van der Waals surface area contributed by atoms with Gasteiger partial charge < -0.3 is 26.0 Å². The van der Waals surface area contributed by atoms with E-state index in [0.717, 1.165) is 5.56 Å². The summed E-state index contributed by atoms with van der Waals surface area (Å²) in [6, 6.07) is 4.54. The molecule has 0 aromatic heterocycles. The molecule has 35 heavy (non-hydrogen) atoms. The molecule has 0 radical (unpaired) electrons. The van der Waals surface area contributed by atoms with Crippen molar-refractivity contribution in [3.05, 3.63) is 42.0 Å². The highest BCUT2D eigenvalue weighted by Gasteiger charge is 2.42. The van der Waals surface area contributed by atoms with Crippen LogP contribution in [0.4, 0.5) is 4.79 Å². The van der Waals surface area contributed by atoms with Crippen molar-refractivity contribution in [1.82, 2.24) is 15.5 Å². The lowest BCUT2D eigenvalue weighted by molar-refractivity contribution is -0.149. The van der Waals surface area contributed by atoms with Gasteiger partial charge in [0.15, 0.2) is 0 Å². The molecule has 2 unspecified atom stereocenters. The molecule has 0 bridgehead atoms. The number of nitrogens with two attached hydrogens (primary N) is 1. The maximum atomic E-state index is 13.9. The van der Waals surface area contributed by atoms with Gasteiger partial charge in [-0.1, -0.05) is 30.9 Å². The first-order valence-electron chi connectivity index (χ1n) is 11.6. The lowest BCUT2D eigenvalue weighted by Gasteiger charge is -2.43. The zero-order valence-electron chi connectivity index (χ0n) is 22.1. The largest absolute Gasteiger partial charge is 0.444 e. The molecule has 0 fully saturated rings. The van der Waals surface area contributed by atoms with Crippen LogP contribution in [0.1, 0.15) is 79.0 Å². The molecule has 9 heteroatoms. The first kappa shape index (κ1) is 29.7. The van der Waals surface area contributed by atoms with Crippen molar-refractivity contribution in [2.75, 3.05) is 0 Å². The summed E-state index contributed by atoms with van der Waals surface area (Å²) < 4.78 is 5.28. The van der Waals surface area contributed by atoms with E-state index in [-0.39, 0.29) is 6.04 Å². The van der Waals surface area contributed by atoms with Crippen LogP contribution < -0.4 is 16.4 Å². The van der Waals surface area contributed by atoms with Gasteiger partial charge in [-0.2, -0.15) is 0 Å². The number of hydrogen-bond acceptors (Lipinski definition) is 5. The average Bonchev–Trinajstić information content (AvgIpc) is 2.67. The third-order valence-corrected chi connectivity index (χ3v) is 4.75. The summed E-state index contributed by atoms with van der Waals surface area (Å²) in [5.74, 6) is -1.83. The summed E-state index contributed by atoms with van der Waals surface area (Å²) >= 11 is 0. The molecule has 0 saturated carbocycles. The van der Waals surface area contributed by atoms with E-state index in [1.165, 1.54) is 4.90 Å². The fourth-order valence-electron chi connectivity index (χ4n) is 3.50. The number of rotatable bonds is 9. The molecule has 2 atom stereocenters. The number of primary amides is 1. The first-order valence-corrected chi connectivity index (χ1v) is 11.6. The monoisotopic (exact) mass is 488 g/mol. The Morgan fingerprint density at radius 2 is 1.69 bits per heavy atom. The maximum absolute atomic E-state index is 13.9. The fourth-order valence-corrected chi connectivity index (χ4v) is 3.50. The highest BCUT2D eigenvalue weighted by Crippen LogP contribution is 2.31. The van der Waals surface area contributed by atoms with E-state index >= 15 is 0 Å². The van der Waals surface area contributed by atoms with Crippen molar-refractivity contribution < 1.29 is 23.9 Å². The second-order valence-electron chi connectivity index (χ2n) is 10.7. The number of nitrogens with zero attached hydrogens (tertiary/aromatic N) is 1. The Morgan fingerprint density at radius 1 is 1.09 bits per heavy atom. The smallest absolute Gasteiger partial charge is 0.408 e. The summed E-state index contributed by atoms with van der Waals surface area (Å²) in [4.78, 5) is 53.1. The molecule has 1 rings (SSSR count). The van der Waals surface area contributed by atoms with Crippen LogP contribution in [-0.4, -0.2) is 51.9 Å². The van der Waals surface area contributed by atoms with Crippen LogP contribution in [0.3, 0.4) is 0 Å². The molecule has 4 N–H and O–H groups in total. The second kappa shape index (κ2) is 11.9. The average molecular weight is 489 g/mol. The summed E-state index contributed by atoms with van der Waals surface area (Å²) in [6.45, 7) is 17.8. The zero-order valence-corrected chi connectivity index (χ0v) is 22.1. The van der Waals surface area contributed by atoms with E-state index in [4.69, 9.17) is 10.5 Å². The summed E-state index contributed by atoms with van der Waals surface area (Å²) in [7, 11) is 0. The molecular formula is C26H40N4O5. The predicted molar refractivity (Wildman–Crippen MR) is 136 cm³/mol.